The van der Waals surface area contributed by atoms with Gasteiger partial charge in [0.15, 0.2) is 0 Å². The molecule has 0 atom stereocenters. The summed E-state index contributed by atoms with van der Waals surface area (Å²) < 4.78 is 0. The summed E-state index contributed by atoms with van der Waals surface area (Å²) in [5.74, 6) is -0.175. The monoisotopic (exact) mass is 504 g/mol. The number of benzene rings is 2. The quantitative estimate of drug-likeness (QED) is 0.369. The first-order valence-corrected chi connectivity index (χ1v) is 11.9. The van der Waals surface area contributed by atoms with Crippen LogP contribution in [0.3, 0.4) is 0 Å². The summed E-state index contributed by atoms with van der Waals surface area (Å²) in [6.45, 7) is 0.693. The maximum absolute atomic E-state index is 13.4. The number of primary amides is 1. The largest absolute Gasteiger partial charge is 0.385 e. The predicted octanol–water partition coefficient (Wildman–Crippen LogP) is 3.36. The topological polar surface area (TPSA) is 128 Å². The smallest absolute Gasteiger partial charge is 0.253 e. The second-order valence-electron chi connectivity index (χ2n) is 8.87. The molecule has 0 spiro atoms. The van der Waals surface area contributed by atoms with Crippen LogP contribution in [0.4, 0.5) is 11.5 Å². The lowest BCUT2D eigenvalue weighted by Gasteiger charge is -2.38. The Hall–Kier alpha value is -3.95. The van der Waals surface area contributed by atoms with Gasteiger partial charge < -0.3 is 25.6 Å². The van der Waals surface area contributed by atoms with Crippen molar-refractivity contribution in [2.24, 2.45) is 5.73 Å². The molecular formula is C26H25ClN6O3. The molecule has 4 N–H and O–H groups in total. The number of nitrogens with two attached hydrogens (primary N) is 1. The highest BCUT2D eigenvalue weighted by molar-refractivity contribution is 6.30. The number of nitrogens with zero attached hydrogens (tertiary/aromatic N) is 4. The number of aliphatic hydroxyl groups is 1. The minimum Gasteiger partial charge on any atom is -0.385 e. The fourth-order valence-corrected chi connectivity index (χ4v) is 4.76. The molecule has 4 aromatic rings. The lowest BCUT2D eigenvalue weighted by Crippen LogP contribution is -2.45. The maximum atomic E-state index is 13.4. The highest BCUT2D eigenvalue weighted by atomic mass is 35.5. The number of hydrogen-bond donors (Lipinski definition) is 3. The third kappa shape index (κ3) is 4.62. The summed E-state index contributed by atoms with van der Waals surface area (Å²) >= 11 is 5.98. The number of fused-ring (bicyclic) bond motifs is 1. The summed E-state index contributed by atoms with van der Waals surface area (Å²) in [6.07, 6.45) is 3.99. The number of nitrogens with one attached hydrogen (secondary N) is 1. The van der Waals surface area contributed by atoms with Crippen LogP contribution in [0.15, 0.2) is 67.1 Å². The second-order valence-corrected chi connectivity index (χ2v) is 9.31. The van der Waals surface area contributed by atoms with Crippen LogP contribution in [-0.4, -0.2) is 56.4 Å². The van der Waals surface area contributed by atoms with E-state index in [1.807, 2.05) is 18.2 Å². The van der Waals surface area contributed by atoms with E-state index in [9.17, 15) is 14.7 Å². The van der Waals surface area contributed by atoms with Gasteiger partial charge in [-0.2, -0.15) is 0 Å². The lowest BCUT2D eigenvalue weighted by molar-refractivity contribution is -0.116. The van der Waals surface area contributed by atoms with Gasteiger partial charge in [-0.25, -0.2) is 9.97 Å². The summed E-state index contributed by atoms with van der Waals surface area (Å²) in [7, 11) is 0. The number of halogens is 1. The second kappa shape index (κ2) is 9.60. The molecule has 2 amide bonds. The van der Waals surface area contributed by atoms with Crippen molar-refractivity contribution in [3.05, 3.63) is 83.3 Å². The van der Waals surface area contributed by atoms with Gasteiger partial charge in [0.1, 0.15) is 24.3 Å². The van der Waals surface area contributed by atoms with Crippen molar-refractivity contribution in [1.82, 2.24) is 19.9 Å². The lowest BCUT2D eigenvalue weighted by atomic mass is 9.84. The highest BCUT2D eigenvalue weighted by Crippen LogP contribution is 2.34. The molecule has 10 heteroatoms. The zero-order valence-corrected chi connectivity index (χ0v) is 20.2. The summed E-state index contributed by atoms with van der Waals surface area (Å²) in [6, 6.07) is 16.0. The van der Waals surface area contributed by atoms with E-state index >= 15 is 0 Å². The van der Waals surface area contributed by atoms with Crippen LogP contribution in [0.2, 0.25) is 5.02 Å². The minimum absolute atomic E-state index is 0.118. The zero-order chi connectivity index (χ0) is 25.3. The van der Waals surface area contributed by atoms with Crippen molar-refractivity contribution in [3.63, 3.8) is 0 Å². The molecule has 36 heavy (non-hydrogen) atoms. The molecule has 1 fully saturated rings. The Balaban J connectivity index is 1.38. The van der Waals surface area contributed by atoms with E-state index in [1.165, 1.54) is 6.33 Å². The van der Waals surface area contributed by atoms with Gasteiger partial charge in [0.05, 0.1) is 11.0 Å². The summed E-state index contributed by atoms with van der Waals surface area (Å²) in [5.41, 5.74) is 7.04. The van der Waals surface area contributed by atoms with Gasteiger partial charge >= 0.3 is 0 Å². The fraction of sp³-hybridized carbons (Fsp3) is 0.231. The van der Waals surface area contributed by atoms with E-state index in [1.54, 1.807) is 52.4 Å². The molecular weight excluding hydrogens is 480 g/mol. The van der Waals surface area contributed by atoms with E-state index in [-0.39, 0.29) is 12.5 Å². The van der Waals surface area contributed by atoms with Gasteiger partial charge in [-0.1, -0.05) is 29.8 Å². The number of carbonyl (C=O) groups is 2. The summed E-state index contributed by atoms with van der Waals surface area (Å²) in [4.78, 5) is 40.3. The molecule has 1 saturated heterocycles. The number of rotatable bonds is 6. The van der Waals surface area contributed by atoms with Crippen molar-refractivity contribution in [2.75, 3.05) is 24.5 Å². The Morgan fingerprint density at radius 1 is 1.11 bits per heavy atom. The van der Waals surface area contributed by atoms with Crippen molar-refractivity contribution in [1.29, 1.82) is 0 Å². The molecule has 0 aliphatic carbocycles. The van der Waals surface area contributed by atoms with Crippen molar-refractivity contribution >= 4 is 46.0 Å². The van der Waals surface area contributed by atoms with Crippen LogP contribution < -0.4 is 10.6 Å². The average Bonchev–Trinajstić information content (AvgIpc) is 3.37. The van der Waals surface area contributed by atoms with Crippen LogP contribution in [0, 0.1) is 0 Å². The minimum atomic E-state index is -1.00. The highest BCUT2D eigenvalue weighted by Gasteiger charge is 2.35. The van der Waals surface area contributed by atoms with Crippen LogP contribution in [0.25, 0.3) is 11.0 Å². The Labute approximate surface area is 212 Å². The number of H-pyrrole nitrogens is 1. The van der Waals surface area contributed by atoms with Crippen molar-refractivity contribution < 1.29 is 14.7 Å². The molecule has 2 aromatic heterocycles. The molecule has 3 heterocycles. The Morgan fingerprint density at radius 2 is 1.86 bits per heavy atom. The molecule has 0 saturated carbocycles. The van der Waals surface area contributed by atoms with Gasteiger partial charge in [-0.3, -0.25) is 9.59 Å². The number of likely N-dealkylation sites (tertiary alicyclic amines) is 1. The fourth-order valence-electron chi connectivity index (χ4n) is 4.64. The molecule has 1 aliphatic heterocycles. The van der Waals surface area contributed by atoms with E-state index in [4.69, 9.17) is 17.3 Å². The first kappa shape index (κ1) is 23.8. The van der Waals surface area contributed by atoms with E-state index < -0.39 is 11.5 Å². The third-order valence-corrected chi connectivity index (χ3v) is 6.82. The number of piperidine rings is 1. The van der Waals surface area contributed by atoms with Gasteiger partial charge in [0, 0.05) is 35.6 Å². The average molecular weight is 505 g/mol. The molecule has 0 radical (unpaired) electrons. The van der Waals surface area contributed by atoms with Crippen LogP contribution >= 0.6 is 11.6 Å². The molecule has 0 bridgehead atoms. The number of carbonyl (C=O) groups excluding carboxylic acids is 2. The van der Waals surface area contributed by atoms with E-state index in [0.717, 1.165) is 10.9 Å². The molecule has 0 unspecified atom stereocenters. The van der Waals surface area contributed by atoms with Crippen molar-refractivity contribution in [2.45, 2.75) is 18.4 Å². The Kier molecular flexibility index (Phi) is 6.34. The van der Waals surface area contributed by atoms with Gasteiger partial charge in [-0.15, -0.1) is 0 Å². The molecule has 1 aliphatic rings. The Morgan fingerprint density at radius 3 is 2.58 bits per heavy atom. The van der Waals surface area contributed by atoms with Crippen molar-refractivity contribution in [3.8, 4) is 0 Å². The zero-order valence-electron chi connectivity index (χ0n) is 19.4. The first-order valence-electron chi connectivity index (χ1n) is 11.6. The van der Waals surface area contributed by atoms with Crippen LogP contribution in [0.1, 0.15) is 28.8 Å². The third-order valence-electron chi connectivity index (χ3n) is 6.57. The van der Waals surface area contributed by atoms with E-state index in [2.05, 4.69) is 15.0 Å². The van der Waals surface area contributed by atoms with E-state index in [0.29, 0.717) is 53.7 Å². The van der Waals surface area contributed by atoms with Gasteiger partial charge in [-0.05, 0) is 54.8 Å². The number of amides is 2. The van der Waals surface area contributed by atoms with Gasteiger partial charge in [0.2, 0.25) is 5.91 Å². The number of aromatic amines is 1. The predicted molar refractivity (Wildman–Crippen MR) is 137 cm³/mol. The normalized spacial score (nSPS) is 15.1. The maximum Gasteiger partial charge on any atom is 0.253 e. The summed E-state index contributed by atoms with van der Waals surface area (Å²) in [5, 5.41) is 12.5. The Bertz CT molecular complexity index is 1410. The molecule has 9 nitrogen and oxygen atoms in total. The number of aromatic nitrogens is 3. The molecule has 184 valence electrons. The molecule has 5 rings (SSSR count). The van der Waals surface area contributed by atoms with Crippen LogP contribution in [-0.2, 0) is 10.4 Å². The number of anilines is 2. The SMILES string of the molecule is NC(=O)CN(c1cccc(C(=O)N2CCC(O)(c3ccc(Cl)cc3)CC2)c1)c1ncnc2[nH]ccc12. The standard InChI is InChI=1S/C26H25ClN6O3/c27-19-6-4-18(5-7-19)26(36)9-12-32(13-10-26)25(35)17-2-1-3-20(14-17)33(15-22(28)34)24-21-8-11-29-23(21)30-16-31-24/h1-8,11,14,16,36H,9-10,12-13,15H2,(H2,28,34)(H,29,30,31). The molecule has 2 aromatic carbocycles. The number of hydrogen-bond acceptors (Lipinski definition) is 6. The van der Waals surface area contributed by atoms with Crippen LogP contribution in [0.5, 0.6) is 0 Å². The first-order chi connectivity index (χ1) is 17.3. The van der Waals surface area contributed by atoms with Gasteiger partial charge in [0.25, 0.3) is 5.91 Å².